The summed E-state index contributed by atoms with van der Waals surface area (Å²) in [5.74, 6) is -0.218. The molecule has 106 valence electrons. The Morgan fingerprint density at radius 3 is 2.43 bits per heavy atom. The maximum atomic E-state index is 10.9. The van der Waals surface area contributed by atoms with E-state index in [0.717, 1.165) is 4.52 Å². The Morgan fingerprint density at radius 1 is 1.10 bits per heavy atom. The minimum absolute atomic E-state index is 0.0298. The predicted molar refractivity (Wildman–Crippen MR) is 67.6 cm³/mol. The highest BCUT2D eigenvalue weighted by Gasteiger charge is 2.23. The first kappa shape index (κ1) is 12.7. The molecule has 0 bridgehead atoms. The second-order valence-corrected chi connectivity index (χ2v) is 4.11. The van der Waals surface area contributed by atoms with Gasteiger partial charge in [0.25, 0.3) is 5.69 Å². The molecule has 0 aliphatic carbocycles. The van der Waals surface area contributed by atoms with Crippen LogP contribution in [0.25, 0.3) is 5.78 Å². The first-order valence-electron chi connectivity index (χ1n) is 5.70. The molecule has 0 unspecified atom stereocenters. The number of aromatic nitrogens is 5. The number of nitro groups is 2. The van der Waals surface area contributed by atoms with Crippen molar-refractivity contribution in [2.75, 3.05) is 0 Å². The number of hydrogen-bond donors (Lipinski definition) is 0. The summed E-state index contributed by atoms with van der Waals surface area (Å²) >= 11 is 0. The summed E-state index contributed by atoms with van der Waals surface area (Å²) in [5.41, 5.74) is 0.668. The first-order valence-corrected chi connectivity index (χ1v) is 5.70. The fraction of sp³-hybridized carbons (Fsp3) is 0.100. The fourth-order valence-electron chi connectivity index (χ4n) is 1.86. The number of non-ortho nitro benzene ring substituents is 1. The molecule has 0 N–H and O–H groups in total. The lowest BCUT2D eigenvalue weighted by atomic mass is 10.2. The van der Waals surface area contributed by atoms with Crippen LogP contribution < -0.4 is 0 Å². The summed E-state index contributed by atoms with van der Waals surface area (Å²) in [4.78, 5) is 24.2. The van der Waals surface area contributed by atoms with E-state index in [-0.39, 0.29) is 18.0 Å². The number of hydrogen-bond acceptors (Lipinski definition) is 7. The Hall–Kier alpha value is -3.37. The van der Waals surface area contributed by atoms with E-state index in [4.69, 9.17) is 0 Å². The molecule has 11 nitrogen and oxygen atoms in total. The van der Waals surface area contributed by atoms with Gasteiger partial charge in [0.15, 0.2) is 6.33 Å². The molecule has 2 heterocycles. The van der Waals surface area contributed by atoms with Gasteiger partial charge >= 0.3 is 11.7 Å². The Morgan fingerprint density at radius 2 is 1.81 bits per heavy atom. The van der Waals surface area contributed by atoms with Gasteiger partial charge in [0.05, 0.1) is 11.5 Å². The number of nitrogens with zero attached hydrogens (tertiary/aromatic N) is 7. The third kappa shape index (κ3) is 2.16. The SMILES string of the molecule is O=[N+]([O-])c1ccc(Cn2nc([N+](=O)[O-])n3ncnc23)cc1. The van der Waals surface area contributed by atoms with E-state index in [0.29, 0.717) is 5.56 Å². The van der Waals surface area contributed by atoms with Crippen molar-refractivity contribution >= 4 is 17.4 Å². The smallest absolute Gasteiger partial charge is 0.390 e. The highest BCUT2D eigenvalue weighted by Crippen LogP contribution is 2.15. The van der Waals surface area contributed by atoms with E-state index < -0.39 is 15.8 Å². The van der Waals surface area contributed by atoms with Crippen LogP contribution in [0.1, 0.15) is 5.56 Å². The monoisotopic (exact) mass is 289 g/mol. The minimum atomic E-state index is -0.659. The molecule has 0 amide bonds. The van der Waals surface area contributed by atoms with Gasteiger partial charge < -0.3 is 10.1 Å². The third-order valence-corrected chi connectivity index (χ3v) is 2.80. The van der Waals surface area contributed by atoms with Gasteiger partial charge in [-0.05, 0) is 10.5 Å². The van der Waals surface area contributed by atoms with Crippen LogP contribution in [0.2, 0.25) is 0 Å². The van der Waals surface area contributed by atoms with Crippen LogP contribution in [0.5, 0.6) is 0 Å². The molecule has 3 rings (SSSR count). The first-order chi connectivity index (χ1) is 10.1. The van der Waals surface area contributed by atoms with Crippen molar-refractivity contribution in [3.63, 3.8) is 0 Å². The molecule has 3 aromatic rings. The second kappa shape index (κ2) is 4.63. The highest BCUT2D eigenvalue weighted by atomic mass is 16.6. The third-order valence-electron chi connectivity index (χ3n) is 2.80. The van der Waals surface area contributed by atoms with Crippen LogP contribution >= 0.6 is 0 Å². The van der Waals surface area contributed by atoms with Crippen molar-refractivity contribution in [1.29, 1.82) is 0 Å². The molecule has 0 fully saturated rings. The maximum Gasteiger partial charge on any atom is 0.482 e. The zero-order valence-electron chi connectivity index (χ0n) is 10.4. The van der Waals surface area contributed by atoms with E-state index >= 15 is 0 Å². The van der Waals surface area contributed by atoms with Crippen LogP contribution in [0.3, 0.4) is 0 Å². The van der Waals surface area contributed by atoms with Gasteiger partial charge in [0.1, 0.15) is 0 Å². The van der Waals surface area contributed by atoms with Crippen LogP contribution in [-0.4, -0.2) is 34.2 Å². The molecule has 0 saturated carbocycles. The van der Waals surface area contributed by atoms with Crippen molar-refractivity contribution in [1.82, 2.24) is 24.4 Å². The van der Waals surface area contributed by atoms with E-state index in [2.05, 4.69) is 15.2 Å². The molecule has 21 heavy (non-hydrogen) atoms. The number of rotatable bonds is 4. The number of fused-ring (bicyclic) bond motifs is 1. The summed E-state index contributed by atoms with van der Waals surface area (Å²) in [6.07, 6.45) is 1.19. The summed E-state index contributed by atoms with van der Waals surface area (Å²) in [5, 5.41) is 29.0. The van der Waals surface area contributed by atoms with Crippen LogP contribution in [0, 0.1) is 20.2 Å². The summed E-state index contributed by atoms with van der Waals surface area (Å²) < 4.78 is 2.33. The lowest BCUT2D eigenvalue weighted by Crippen LogP contribution is -2.03. The molecule has 0 radical (unpaired) electrons. The molecule has 0 atom stereocenters. The quantitative estimate of drug-likeness (QED) is 0.511. The standard InChI is InChI=1S/C10H7N7O4/c18-16(19)8-3-1-7(2-4-8)5-14-9-11-6-12-15(9)10(13-14)17(20)21/h1-4,6H,5H2. The zero-order valence-corrected chi connectivity index (χ0v) is 10.4. The number of benzene rings is 1. The van der Waals surface area contributed by atoms with Crippen molar-refractivity contribution in [3.05, 3.63) is 56.4 Å². The second-order valence-electron chi connectivity index (χ2n) is 4.11. The van der Waals surface area contributed by atoms with Crippen molar-refractivity contribution in [3.8, 4) is 0 Å². The average Bonchev–Trinajstić information content (AvgIpc) is 3.03. The van der Waals surface area contributed by atoms with Crippen molar-refractivity contribution in [2.45, 2.75) is 6.54 Å². The molecule has 11 heteroatoms. The molecule has 0 spiro atoms. The van der Waals surface area contributed by atoms with Gasteiger partial charge in [-0.15, -0.1) is 4.68 Å². The maximum absolute atomic E-state index is 10.9. The zero-order chi connectivity index (χ0) is 15.0. The summed E-state index contributed by atoms with van der Waals surface area (Å²) in [6.45, 7) is 0.189. The Labute approximate surface area is 115 Å². The van der Waals surface area contributed by atoms with Gasteiger partial charge in [-0.1, -0.05) is 21.7 Å². The predicted octanol–water partition coefficient (Wildman–Crippen LogP) is 0.790. The van der Waals surface area contributed by atoms with E-state index in [1.807, 2.05) is 0 Å². The highest BCUT2D eigenvalue weighted by molar-refractivity contribution is 5.35. The largest absolute Gasteiger partial charge is 0.482 e. The van der Waals surface area contributed by atoms with Gasteiger partial charge in [0.2, 0.25) is 0 Å². The number of nitro benzene ring substituents is 1. The Bertz CT molecular complexity index is 835. The lowest BCUT2D eigenvalue weighted by molar-refractivity contribution is -0.396. The average molecular weight is 289 g/mol. The summed E-state index contributed by atoms with van der Waals surface area (Å²) in [6, 6.07) is 5.82. The molecular formula is C10H7N7O4. The lowest BCUT2D eigenvalue weighted by Gasteiger charge is -1.98. The molecular weight excluding hydrogens is 282 g/mol. The van der Waals surface area contributed by atoms with Gasteiger partial charge in [0, 0.05) is 17.2 Å². The minimum Gasteiger partial charge on any atom is -0.390 e. The van der Waals surface area contributed by atoms with Crippen LogP contribution in [-0.2, 0) is 6.54 Å². The van der Waals surface area contributed by atoms with Gasteiger partial charge in [-0.3, -0.25) is 10.1 Å². The van der Waals surface area contributed by atoms with Gasteiger partial charge in [-0.2, -0.15) is 4.98 Å². The normalized spacial score (nSPS) is 10.9. The molecule has 1 aromatic carbocycles. The van der Waals surface area contributed by atoms with Crippen LogP contribution in [0.4, 0.5) is 11.6 Å². The molecule has 0 saturated heterocycles. The summed E-state index contributed by atoms with van der Waals surface area (Å²) in [7, 11) is 0. The van der Waals surface area contributed by atoms with Gasteiger partial charge in [-0.25, -0.2) is 0 Å². The van der Waals surface area contributed by atoms with Crippen molar-refractivity contribution in [2.24, 2.45) is 0 Å². The van der Waals surface area contributed by atoms with Crippen LogP contribution in [0.15, 0.2) is 30.6 Å². The molecule has 0 aliphatic rings. The Kier molecular flexibility index (Phi) is 2.79. The molecule has 2 aromatic heterocycles. The van der Waals surface area contributed by atoms with E-state index in [9.17, 15) is 20.2 Å². The van der Waals surface area contributed by atoms with E-state index in [1.54, 1.807) is 12.1 Å². The fourth-order valence-corrected chi connectivity index (χ4v) is 1.86. The topological polar surface area (TPSA) is 134 Å². The Balaban J connectivity index is 1.96. The van der Waals surface area contributed by atoms with E-state index in [1.165, 1.54) is 23.1 Å². The van der Waals surface area contributed by atoms with Crippen molar-refractivity contribution < 1.29 is 9.85 Å². The molecule has 0 aliphatic heterocycles.